The van der Waals surface area contributed by atoms with E-state index in [4.69, 9.17) is 22.8 Å². The fourth-order valence-corrected chi connectivity index (χ4v) is 4.82. The molecule has 0 aromatic heterocycles. The highest BCUT2D eigenvalue weighted by Gasteiger charge is 2.44. The summed E-state index contributed by atoms with van der Waals surface area (Å²) in [7, 11) is -2.80. The molecular weight excluding hydrogens is 372 g/mol. The minimum atomic E-state index is -2.80. The van der Waals surface area contributed by atoms with Crippen molar-refractivity contribution in [2.75, 3.05) is 33.0 Å². The van der Waals surface area contributed by atoms with Crippen molar-refractivity contribution in [1.29, 1.82) is 0 Å². The molecule has 0 atom stereocenters. The Hall–Kier alpha value is 0.0169. The SMILES string of the molecule is CCCCCCCCCCCCCCO.CCO[Si](OCC)(OCC)OCC. The number of hydrogen-bond donors (Lipinski definition) is 1. The van der Waals surface area contributed by atoms with Crippen LogP contribution in [0.3, 0.4) is 0 Å². The summed E-state index contributed by atoms with van der Waals surface area (Å²) >= 11 is 0. The second-order valence-electron chi connectivity index (χ2n) is 6.84. The van der Waals surface area contributed by atoms with E-state index >= 15 is 0 Å². The number of aliphatic hydroxyl groups is 1. The highest BCUT2D eigenvalue weighted by molar-refractivity contribution is 6.53. The highest BCUT2D eigenvalue weighted by atomic mass is 28.4. The standard InChI is InChI=1S/C14H30O.C8H20O4Si/c1-2-3-4-5-6-7-8-9-10-11-12-13-14-15;1-5-9-13(10-6-2,11-7-3)12-8-4/h15H,2-14H2,1H3;5-8H2,1-4H3. The van der Waals surface area contributed by atoms with Gasteiger partial charge in [0.05, 0.1) is 0 Å². The van der Waals surface area contributed by atoms with E-state index in [2.05, 4.69) is 6.92 Å². The second kappa shape index (κ2) is 25.1. The van der Waals surface area contributed by atoms with Crippen LogP contribution in [0.5, 0.6) is 0 Å². The molecule has 0 rings (SSSR count). The third-order valence-electron chi connectivity index (χ3n) is 4.30. The van der Waals surface area contributed by atoms with Crippen LogP contribution in [0.1, 0.15) is 112 Å². The molecule has 172 valence electrons. The molecule has 0 heterocycles. The van der Waals surface area contributed by atoms with Crippen molar-refractivity contribution in [3.05, 3.63) is 0 Å². The highest BCUT2D eigenvalue weighted by Crippen LogP contribution is 2.12. The van der Waals surface area contributed by atoms with E-state index < -0.39 is 9.05 Å². The molecule has 0 aliphatic carbocycles. The van der Waals surface area contributed by atoms with Gasteiger partial charge < -0.3 is 22.8 Å². The number of unbranched alkanes of at least 4 members (excludes halogenated alkanes) is 11. The zero-order chi connectivity index (χ0) is 21.3. The van der Waals surface area contributed by atoms with Crippen molar-refractivity contribution >= 4 is 9.05 Å². The van der Waals surface area contributed by atoms with E-state index in [1.807, 2.05) is 27.7 Å². The van der Waals surface area contributed by atoms with Crippen LogP contribution in [0.2, 0.25) is 0 Å². The van der Waals surface area contributed by atoms with Crippen molar-refractivity contribution in [1.82, 2.24) is 0 Å². The summed E-state index contributed by atoms with van der Waals surface area (Å²) < 4.78 is 21.7. The minimum Gasteiger partial charge on any atom is -0.396 e. The summed E-state index contributed by atoms with van der Waals surface area (Å²) in [6.45, 7) is 12.4. The second-order valence-corrected chi connectivity index (χ2v) is 9.00. The smallest absolute Gasteiger partial charge is 0.396 e. The van der Waals surface area contributed by atoms with Crippen LogP contribution in [0.25, 0.3) is 0 Å². The molecule has 5 nitrogen and oxygen atoms in total. The molecule has 0 aliphatic rings. The zero-order valence-electron chi connectivity index (χ0n) is 19.6. The van der Waals surface area contributed by atoms with Crippen molar-refractivity contribution in [3.8, 4) is 0 Å². The van der Waals surface area contributed by atoms with Crippen LogP contribution in [-0.4, -0.2) is 47.2 Å². The largest absolute Gasteiger partial charge is 0.679 e. The number of rotatable bonds is 20. The van der Waals surface area contributed by atoms with Gasteiger partial charge in [-0.3, -0.25) is 0 Å². The molecule has 0 aliphatic heterocycles. The van der Waals surface area contributed by atoms with Crippen molar-refractivity contribution in [3.63, 3.8) is 0 Å². The molecule has 0 radical (unpaired) electrons. The molecule has 0 fully saturated rings. The van der Waals surface area contributed by atoms with E-state index in [1.54, 1.807) is 0 Å². The van der Waals surface area contributed by atoms with Crippen LogP contribution in [-0.2, 0) is 17.7 Å². The molecular formula is C22H50O5Si. The molecule has 0 aromatic rings. The monoisotopic (exact) mass is 422 g/mol. The Kier molecular flexibility index (Phi) is 27.0. The molecule has 0 saturated heterocycles. The van der Waals surface area contributed by atoms with Crippen LogP contribution < -0.4 is 0 Å². The Morgan fingerprint density at radius 2 is 0.750 bits per heavy atom. The fourth-order valence-electron chi connectivity index (χ4n) is 2.91. The van der Waals surface area contributed by atoms with Gasteiger partial charge in [0, 0.05) is 33.0 Å². The Bertz CT molecular complexity index is 238. The Labute approximate surface area is 177 Å². The molecule has 0 bridgehead atoms. The van der Waals surface area contributed by atoms with Gasteiger partial charge in [-0.05, 0) is 34.1 Å². The summed E-state index contributed by atoms with van der Waals surface area (Å²) in [5.74, 6) is 0. The van der Waals surface area contributed by atoms with E-state index in [0.717, 1.165) is 6.42 Å². The maximum Gasteiger partial charge on any atom is 0.679 e. The molecule has 0 saturated carbocycles. The summed E-state index contributed by atoms with van der Waals surface area (Å²) in [5.41, 5.74) is 0. The Morgan fingerprint density at radius 3 is 1.00 bits per heavy atom. The molecule has 0 spiro atoms. The molecule has 0 aromatic carbocycles. The molecule has 6 heteroatoms. The first-order chi connectivity index (χ1) is 13.7. The van der Waals surface area contributed by atoms with Crippen LogP contribution in [0.15, 0.2) is 0 Å². The van der Waals surface area contributed by atoms with Crippen LogP contribution in [0, 0.1) is 0 Å². The quantitative estimate of drug-likeness (QED) is 0.186. The maximum atomic E-state index is 8.61. The predicted molar refractivity (Wildman–Crippen MR) is 120 cm³/mol. The van der Waals surface area contributed by atoms with E-state index in [0.29, 0.717) is 33.0 Å². The van der Waals surface area contributed by atoms with Crippen LogP contribution in [0.4, 0.5) is 0 Å². The normalized spacial score (nSPS) is 11.4. The lowest BCUT2D eigenvalue weighted by Gasteiger charge is -2.26. The Balaban J connectivity index is 0. The fraction of sp³-hybridized carbons (Fsp3) is 1.00. The van der Waals surface area contributed by atoms with Gasteiger partial charge in [-0.2, -0.15) is 0 Å². The van der Waals surface area contributed by atoms with Gasteiger partial charge in [0.1, 0.15) is 0 Å². The average molecular weight is 423 g/mol. The van der Waals surface area contributed by atoms with Gasteiger partial charge in [0.25, 0.3) is 0 Å². The van der Waals surface area contributed by atoms with Crippen LogP contribution >= 0.6 is 0 Å². The predicted octanol–water partition coefficient (Wildman–Crippen LogP) is 6.25. The van der Waals surface area contributed by atoms with E-state index in [-0.39, 0.29) is 0 Å². The van der Waals surface area contributed by atoms with Gasteiger partial charge in [-0.15, -0.1) is 0 Å². The number of hydrogen-bond acceptors (Lipinski definition) is 5. The molecule has 1 N–H and O–H groups in total. The average Bonchev–Trinajstić information content (AvgIpc) is 2.67. The molecule has 28 heavy (non-hydrogen) atoms. The molecule has 0 unspecified atom stereocenters. The Morgan fingerprint density at radius 1 is 0.464 bits per heavy atom. The lowest BCUT2D eigenvalue weighted by atomic mass is 10.1. The van der Waals surface area contributed by atoms with Gasteiger partial charge in [0.15, 0.2) is 0 Å². The summed E-state index contributed by atoms with van der Waals surface area (Å²) in [4.78, 5) is 0. The first-order valence-electron chi connectivity index (χ1n) is 11.8. The van der Waals surface area contributed by atoms with Gasteiger partial charge >= 0.3 is 9.05 Å². The third-order valence-corrected chi connectivity index (χ3v) is 6.87. The summed E-state index contributed by atoms with van der Waals surface area (Å²) in [5, 5.41) is 8.61. The van der Waals surface area contributed by atoms with E-state index in [1.165, 1.54) is 70.6 Å². The zero-order valence-corrected chi connectivity index (χ0v) is 20.6. The summed E-state index contributed by atoms with van der Waals surface area (Å²) in [6, 6.07) is 0. The van der Waals surface area contributed by atoms with Crippen molar-refractivity contribution in [2.24, 2.45) is 0 Å². The molecule has 0 amide bonds. The van der Waals surface area contributed by atoms with Crippen molar-refractivity contribution in [2.45, 2.75) is 112 Å². The van der Waals surface area contributed by atoms with Gasteiger partial charge in [0.2, 0.25) is 0 Å². The summed E-state index contributed by atoms with van der Waals surface area (Å²) in [6.07, 6.45) is 16.2. The first-order valence-corrected chi connectivity index (χ1v) is 13.5. The number of aliphatic hydroxyl groups excluding tert-OH is 1. The lowest BCUT2D eigenvalue weighted by molar-refractivity contribution is -0.0247. The lowest BCUT2D eigenvalue weighted by Crippen LogP contribution is -2.49. The maximum absolute atomic E-state index is 8.61. The van der Waals surface area contributed by atoms with Gasteiger partial charge in [-0.25, -0.2) is 0 Å². The minimum absolute atomic E-state index is 0.372. The first kappa shape index (κ1) is 30.2. The van der Waals surface area contributed by atoms with Crippen molar-refractivity contribution < 1.29 is 22.8 Å². The van der Waals surface area contributed by atoms with Gasteiger partial charge in [-0.1, -0.05) is 77.6 Å². The van der Waals surface area contributed by atoms with E-state index in [9.17, 15) is 0 Å². The third kappa shape index (κ3) is 20.7. The topological polar surface area (TPSA) is 57.2 Å².